The number of nitrogens with one attached hydrogen (secondary N) is 1. The lowest BCUT2D eigenvalue weighted by atomic mass is 10.2. The van der Waals surface area contributed by atoms with Crippen molar-refractivity contribution in [2.75, 3.05) is 11.5 Å². The Morgan fingerprint density at radius 3 is 2.70 bits per heavy atom. The first kappa shape index (κ1) is 6.54. The number of anilines is 2. The van der Waals surface area contributed by atoms with Crippen LogP contribution in [0.5, 0.6) is 0 Å². The molecular formula is C6H8N4. The minimum atomic E-state index is 0.337. The minimum Gasteiger partial charge on any atom is -0.397 e. The summed E-state index contributed by atoms with van der Waals surface area (Å²) in [6.45, 7) is 0. The van der Waals surface area contributed by atoms with Crippen LogP contribution in [0.2, 0.25) is 0 Å². The van der Waals surface area contributed by atoms with Gasteiger partial charge >= 0.3 is 0 Å². The van der Waals surface area contributed by atoms with Gasteiger partial charge in [0.2, 0.25) is 0 Å². The van der Waals surface area contributed by atoms with Gasteiger partial charge in [0.05, 0.1) is 11.9 Å². The zero-order valence-electron chi connectivity index (χ0n) is 5.33. The molecule has 5 N–H and O–H groups in total. The molecule has 10 heavy (non-hydrogen) atoms. The average Bonchev–Trinajstić information content (AvgIpc) is 1.94. The summed E-state index contributed by atoms with van der Waals surface area (Å²) in [5.74, 6) is 0.337. The summed E-state index contributed by atoms with van der Waals surface area (Å²) in [6.07, 6.45) is 2.58. The lowest BCUT2D eigenvalue weighted by Crippen LogP contribution is -1.98. The molecule has 1 heterocycles. The zero-order valence-corrected chi connectivity index (χ0v) is 5.33. The van der Waals surface area contributed by atoms with Crippen LogP contribution < -0.4 is 11.5 Å². The molecule has 1 rings (SSSR count). The van der Waals surface area contributed by atoms with E-state index in [9.17, 15) is 0 Å². The highest BCUT2D eigenvalue weighted by molar-refractivity contribution is 5.84. The van der Waals surface area contributed by atoms with E-state index in [1.807, 2.05) is 0 Å². The number of nitrogens with two attached hydrogens (primary N) is 2. The second kappa shape index (κ2) is 2.34. The molecule has 0 aliphatic heterocycles. The van der Waals surface area contributed by atoms with Crippen LogP contribution >= 0.6 is 0 Å². The van der Waals surface area contributed by atoms with Crippen LogP contribution in [-0.2, 0) is 0 Å². The van der Waals surface area contributed by atoms with Crippen molar-refractivity contribution in [3.63, 3.8) is 0 Å². The van der Waals surface area contributed by atoms with Crippen molar-refractivity contribution < 1.29 is 0 Å². The minimum absolute atomic E-state index is 0.337. The molecule has 0 saturated carbocycles. The van der Waals surface area contributed by atoms with Crippen molar-refractivity contribution in [1.29, 1.82) is 5.41 Å². The molecule has 1 aromatic heterocycles. The zero-order chi connectivity index (χ0) is 7.56. The molecule has 0 spiro atoms. The number of rotatable bonds is 1. The summed E-state index contributed by atoms with van der Waals surface area (Å²) in [6, 6.07) is 1.61. The van der Waals surface area contributed by atoms with E-state index in [4.69, 9.17) is 16.9 Å². The summed E-state index contributed by atoms with van der Waals surface area (Å²) < 4.78 is 0. The molecular weight excluding hydrogens is 128 g/mol. The highest BCUT2D eigenvalue weighted by Crippen LogP contribution is 2.08. The summed E-state index contributed by atoms with van der Waals surface area (Å²) in [5, 5.41) is 6.88. The highest BCUT2D eigenvalue weighted by atomic mass is 14.8. The van der Waals surface area contributed by atoms with E-state index in [1.54, 1.807) is 6.07 Å². The maximum absolute atomic E-state index is 6.88. The van der Waals surface area contributed by atoms with E-state index >= 15 is 0 Å². The fourth-order valence-corrected chi connectivity index (χ4v) is 0.625. The van der Waals surface area contributed by atoms with Crippen LogP contribution in [0.15, 0.2) is 12.3 Å². The Hall–Kier alpha value is -1.58. The van der Waals surface area contributed by atoms with Gasteiger partial charge in [-0.05, 0) is 6.07 Å². The third-order valence-corrected chi connectivity index (χ3v) is 1.13. The normalized spacial score (nSPS) is 9.20. The van der Waals surface area contributed by atoms with Crippen molar-refractivity contribution in [2.24, 2.45) is 0 Å². The number of pyridine rings is 1. The SMILES string of the molecule is N=Cc1cc(N)cnc1N. The van der Waals surface area contributed by atoms with Gasteiger partial charge in [-0.15, -0.1) is 0 Å². The largest absolute Gasteiger partial charge is 0.397 e. The van der Waals surface area contributed by atoms with E-state index < -0.39 is 0 Å². The molecule has 0 unspecified atom stereocenters. The van der Waals surface area contributed by atoms with E-state index in [2.05, 4.69) is 4.98 Å². The number of aromatic nitrogens is 1. The molecule has 0 aliphatic rings. The Bertz CT molecular complexity index is 256. The first-order chi connectivity index (χ1) is 4.74. The third kappa shape index (κ3) is 1.05. The summed E-state index contributed by atoms with van der Waals surface area (Å²) >= 11 is 0. The first-order valence-electron chi connectivity index (χ1n) is 2.75. The maximum Gasteiger partial charge on any atom is 0.132 e. The van der Waals surface area contributed by atoms with Crippen LogP contribution in [0.3, 0.4) is 0 Å². The van der Waals surface area contributed by atoms with Crippen LogP contribution in [0.25, 0.3) is 0 Å². The Balaban J connectivity index is 3.21. The second-order valence-corrected chi connectivity index (χ2v) is 1.89. The molecule has 0 aromatic carbocycles. The molecule has 0 amide bonds. The molecule has 4 heteroatoms. The summed E-state index contributed by atoms with van der Waals surface area (Å²) in [4.78, 5) is 3.75. The lowest BCUT2D eigenvalue weighted by molar-refractivity contribution is 1.33. The molecule has 1 aromatic rings. The number of nitrogen functional groups attached to an aromatic ring is 2. The Morgan fingerprint density at radius 2 is 2.20 bits per heavy atom. The van der Waals surface area contributed by atoms with Crippen LogP contribution in [0, 0.1) is 5.41 Å². The van der Waals surface area contributed by atoms with Crippen molar-refractivity contribution in [3.05, 3.63) is 17.8 Å². The van der Waals surface area contributed by atoms with Gasteiger partial charge in [-0.3, -0.25) is 0 Å². The van der Waals surface area contributed by atoms with Crippen molar-refractivity contribution in [3.8, 4) is 0 Å². The predicted octanol–water partition coefficient (Wildman–Crippen LogP) is 0.244. The van der Waals surface area contributed by atoms with E-state index in [-0.39, 0.29) is 0 Å². The fraction of sp³-hybridized carbons (Fsp3) is 0. The Labute approximate surface area is 58.4 Å². The molecule has 0 saturated heterocycles. The van der Waals surface area contributed by atoms with Gasteiger partial charge < -0.3 is 16.9 Å². The van der Waals surface area contributed by atoms with Crippen molar-refractivity contribution >= 4 is 17.7 Å². The van der Waals surface area contributed by atoms with Crippen LogP contribution in [-0.4, -0.2) is 11.2 Å². The standard InChI is InChI=1S/C6H8N4/c7-2-4-1-5(8)3-10-6(4)9/h1-3,7H,8H2,(H2,9,10). The quantitative estimate of drug-likeness (QED) is 0.483. The van der Waals surface area contributed by atoms with E-state index in [0.29, 0.717) is 17.1 Å². The van der Waals surface area contributed by atoms with Crippen LogP contribution in [0.4, 0.5) is 11.5 Å². The predicted molar refractivity (Wildman–Crippen MR) is 40.9 cm³/mol. The Kier molecular flexibility index (Phi) is 1.53. The van der Waals surface area contributed by atoms with Gasteiger partial charge in [0.1, 0.15) is 5.82 Å². The number of hydrogen-bond acceptors (Lipinski definition) is 4. The topological polar surface area (TPSA) is 88.8 Å². The Morgan fingerprint density at radius 1 is 1.50 bits per heavy atom. The van der Waals surface area contributed by atoms with Gasteiger partial charge in [0, 0.05) is 11.8 Å². The molecule has 0 radical (unpaired) electrons. The second-order valence-electron chi connectivity index (χ2n) is 1.89. The smallest absolute Gasteiger partial charge is 0.132 e. The third-order valence-electron chi connectivity index (χ3n) is 1.13. The molecule has 0 atom stereocenters. The first-order valence-corrected chi connectivity index (χ1v) is 2.75. The van der Waals surface area contributed by atoms with E-state index in [0.717, 1.165) is 6.21 Å². The van der Waals surface area contributed by atoms with Crippen molar-refractivity contribution in [2.45, 2.75) is 0 Å². The molecule has 0 aliphatic carbocycles. The molecule has 4 nitrogen and oxygen atoms in total. The average molecular weight is 136 g/mol. The van der Waals surface area contributed by atoms with Gasteiger partial charge in [0.25, 0.3) is 0 Å². The monoisotopic (exact) mass is 136 g/mol. The lowest BCUT2D eigenvalue weighted by Gasteiger charge is -1.97. The molecule has 0 bridgehead atoms. The highest BCUT2D eigenvalue weighted by Gasteiger charge is 1.95. The van der Waals surface area contributed by atoms with Crippen LogP contribution in [0.1, 0.15) is 5.56 Å². The molecule has 52 valence electrons. The molecule has 0 fully saturated rings. The summed E-state index contributed by atoms with van der Waals surface area (Å²) in [7, 11) is 0. The van der Waals surface area contributed by atoms with Crippen molar-refractivity contribution in [1.82, 2.24) is 4.98 Å². The summed E-state index contributed by atoms with van der Waals surface area (Å²) in [5.41, 5.74) is 11.8. The number of nitrogens with zero attached hydrogens (tertiary/aromatic N) is 1. The van der Waals surface area contributed by atoms with Gasteiger partial charge in [-0.2, -0.15) is 0 Å². The van der Waals surface area contributed by atoms with Gasteiger partial charge in [0.15, 0.2) is 0 Å². The van der Waals surface area contributed by atoms with Gasteiger partial charge in [-0.1, -0.05) is 0 Å². The number of hydrogen-bond donors (Lipinski definition) is 3. The van der Waals surface area contributed by atoms with Gasteiger partial charge in [-0.25, -0.2) is 4.98 Å². The maximum atomic E-state index is 6.88. The van der Waals surface area contributed by atoms with E-state index in [1.165, 1.54) is 6.20 Å². The fourth-order valence-electron chi connectivity index (χ4n) is 0.625.